The van der Waals surface area contributed by atoms with E-state index in [1.165, 1.54) is 5.56 Å². The minimum Gasteiger partial charge on any atom is -0.376 e. The van der Waals surface area contributed by atoms with Gasteiger partial charge in [0, 0.05) is 44.2 Å². The number of anilines is 1. The van der Waals surface area contributed by atoms with Crippen molar-refractivity contribution in [3.8, 4) is 0 Å². The normalized spacial score (nSPS) is 16.8. The molecular formula is C26H37IN4O2. The first-order chi connectivity index (χ1) is 15.6. The Labute approximate surface area is 215 Å². The number of halogens is 1. The van der Waals surface area contributed by atoms with Gasteiger partial charge in [-0.1, -0.05) is 56.3 Å². The average molecular weight is 565 g/mol. The zero-order valence-corrected chi connectivity index (χ0v) is 22.3. The van der Waals surface area contributed by atoms with E-state index in [9.17, 15) is 4.79 Å². The Bertz CT molecular complexity index is 891. The Morgan fingerprint density at radius 1 is 1.18 bits per heavy atom. The van der Waals surface area contributed by atoms with Crippen LogP contribution in [0.4, 0.5) is 5.69 Å². The molecule has 1 heterocycles. The van der Waals surface area contributed by atoms with Crippen molar-refractivity contribution in [3.05, 3.63) is 65.7 Å². The molecule has 2 N–H and O–H groups in total. The maximum absolute atomic E-state index is 12.2. The number of hydrogen-bond donors (Lipinski definition) is 2. The van der Waals surface area contributed by atoms with Gasteiger partial charge >= 0.3 is 0 Å². The summed E-state index contributed by atoms with van der Waals surface area (Å²) in [5, 5.41) is 6.47. The molecule has 7 heteroatoms. The largest absolute Gasteiger partial charge is 0.376 e. The summed E-state index contributed by atoms with van der Waals surface area (Å²) in [6.07, 6.45) is 1.93. The van der Waals surface area contributed by atoms with Crippen molar-refractivity contribution in [2.75, 3.05) is 32.1 Å². The Balaban J connectivity index is 0.00000385. The third-order valence-corrected chi connectivity index (χ3v) is 5.97. The number of nitrogens with zero attached hydrogens (tertiary/aromatic N) is 2. The second-order valence-electron chi connectivity index (χ2n) is 8.50. The topological polar surface area (TPSA) is 66.0 Å². The van der Waals surface area contributed by atoms with Gasteiger partial charge in [-0.25, -0.2) is 0 Å². The highest BCUT2D eigenvalue weighted by atomic mass is 127. The van der Waals surface area contributed by atoms with Crippen molar-refractivity contribution >= 4 is 41.5 Å². The van der Waals surface area contributed by atoms with Crippen molar-refractivity contribution in [2.24, 2.45) is 16.8 Å². The van der Waals surface area contributed by atoms with Crippen molar-refractivity contribution in [1.82, 2.24) is 10.2 Å². The first kappa shape index (κ1) is 27.1. The van der Waals surface area contributed by atoms with Gasteiger partial charge in [-0.2, -0.15) is 0 Å². The van der Waals surface area contributed by atoms with Crippen LogP contribution >= 0.6 is 24.0 Å². The number of guanidine groups is 1. The molecule has 0 aromatic heterocycles. The molecule has 2 atom stereocenters. The number of likely N-dealkylation sites (tertiary alicyclic amines) is 1. The molecule has 1 aliphatic rings. The highest BCUT2D eigenvalue weighted by Gasteiger charge is 2.25. The van der Waals surface area contributed by atoms with E-state index in [1.807, 2.05) is 57.3 Å². The lowest BCUT2D eigenvalue weighted by Gasteiger charge is -2.22. The van der Waals surface area contributed by atoms with Crippen LogP contribution in [0.15, 0.2) is 59.6 Å². The zero-order valence-electron chi connectivity index (χ0n) is 19.9. The molecule has 2 unspecified atom stereocenters. The maximum atomic E-state index is 12.2. The van der Waals surface area contributed by atoms with Gasteiger partial charge in [0.2, 0.25) is 5.91 Å². The second-order valence-corrected chi connectivity index (χ2v) is 8.50. The first-order valence-corrected chi connectivity index (χ1v) is 11.6. The monoisotopic (exact) mass is 564 g/mol. The summed E-state index contributed by atoms with van der Waals surface area (Å²) < 4.78 is 5.94. The minimum atomic E-state index is 0. The maximum Gasteiger partial charge on any atom is 0.227 e. The van der Waals surface area contributed by atoms with Gasteiger partial charge in [-0.15, -0.1) is 24.0 Å². The number of amides is 1. The van der Waals surface area contributed by atoms with Crippen molar-refractivity contribution in [3.63, 3.8) is 0 Å². The number of hydrogen-bond acceptors (Lipinski definition) is 3. The smallest absolute Gasteiger partial charge is 0.227 e. The van der Waals surface area contributed by atoms with Crippen LogP contribution < -0.4 is 10.6 Å². The van der Waals surface area contributed by atoms with Gasteiger partial charge in [0.15, 0.2) is 5.96 Å². The van der Waals surface area contributed by atoms with Crippen LogP contribution in [0.5, 0.6) is 0 Å². The number of nitrogens with one attached hydrogen (secondary N) is 2. The molecule has 1 saturated heterocycles. The molecule has 0 radical (unpaired) electrons. The number of carbonyl (C=O) groups is 1. The fourth-order valence-corrected chi connectivity index (χ4v) is 3.80. The van der Waals surface area contributed by atoms with Crippen LogP contribution in [0.2, 0.25) is 0 Å². The minimum absolute atomic E-state index is 0. The average Bonchev–Trinajstić information content (AvgIpc) is 3.28. The summed E-state index contributed by atoms with van der Waals surface area (Å²) in [5.74, 6) is 1.49. The summed E-state index contributed by atoms with van der Waals surface area (Å²) in [6, 6.07) is 18.3. The van der Waals surface area contributed by atoms with E-state index < -0.39 is 0 Å². The van der Waals surface area contributed by atoms with Gasteiger partial charge in [-0.3, -0.25) is 9.79 Å². The summed E-state index contributed by atoms with van der Waals surface area (Å²) in [5.41, 5.74) is 3.15. The fourth-order valence-electron chi connectivity index (χ4n) is 3.80. The van der Waals surface area contributed by atoms with Crippen LogP contribution in [-0.4, -0.2) is 43.5 Å². The van der Waals surface area contributed by atoms with Gasteiger partial charge in [-0.05, 0) is 36.1 Å². The van der Waals surface area contributed by atoms with Crippen molar-refractivity contribution < 1.29 is 9.53 Å². The number of benzene rings is 2. The molecule has 1 aliphatic heterocycles. The third-order valence-electron chi connectivity index (χ3n) is 5.97. The molecule has 3 rings (SSSR count). The molecule has 180 valence electrons. The van der Waals surface area contributed by atoms with Crippen molar-refractivity contribution in [1.29, 1.82) is 0 Å². The standard InChI is InChI=1S/C26H36N4O2.HI/c1-4-20(2)25(31)29-24-12-8-11-22(15-24)16-28-26(27-3)30-14-13-23(17-30)19-32-18-21-9-6-5-7-10-21;/h5-12,15,20,23H,4,13-14,16-19H2,1-3H3,(H,27,28)(H,29,31);1H. The number of carbonyl (C=O) groups excluding carboxylic acids is 1. The number of rotatable bonds is 9. The molecule has 0 saturated carbocycles. The Morgan fingerprint density at radius 2 is 1.94 bits per heavy atom. The van der Waals surface area contributed by atoms with Crippen LogP contribution in [-0.2, 0) is 22.7 Å². The Kier molecular flexibility index (Phi) is 11.7. The van der Waals surface area contributed by atoms with Crippen LogP contribution in [0.3, 0.4) is 0 Å². The highest BCUT2D eigenvalue weighted by Crippen LogP contribution is 2.18. The molecular weight excluding hydrogens is 527 g/mol. The molecule has 0 bridgehead atoms. The SMILES string of the molecule is CCC(C)C(=O)Nc1cccc(CNC(=NC)N2CCC(COCc3ccccc3)C2)c1.I. The van der Waals surface area contributed by atoms with Gasteiger partial charge in [0.25, 0.3) is 0 Å². The lowest BCUT2D eigenvalue weighted by atomic mass is 10.1. The van der Waals surface area contributed by atoms with E-state index >= 15 is 0 Å². The van der Waals surface area contributed by atoms with E-state index in [1.54, 1.807) is 0 Å². The van der Waals surface area contributed by atoms with Gasteiger partial charge < -0.3 is 20.3 Å². The molecule has 1 fully saturated rings. The van der Waals surface area contributed by atoms with E-state index in [0.29, 0.717) is 19.1 Å². The molecule has 6 nitrogen and oxygen atoms in total. The summed E-state index contributed by atoms with van der Waals surface area (Å²) in [6.45, 7) is 7.97. The van der Waals surface area contributed by atoms with E-state index in [0.717, 1.165) is 49.7 Å². The summed E-state index contributed by atoms with van der Waals surface area (Å²) in [7, 11) is 1.82. The predicted molar refractivity (Wildman–Crippen MR) is 146 cm³/mol. The Hall–Kier alpha value is -2.13. The number of ether oxygens (including phenoxy) is 1. The zero-order chi connectivity index (χ0) is 22.8. The van der Waals surface area contributed by atoms with Gasteiger partial charge in [0.1, 0.15) is 0 Å². The third kappa shape index (κ3) is 8.62. The Morgan fingerprint density at radius 3 is 2.67 bits per heavy atom. The van der Waals surface area contributed by atoms with Crippen LogP contribution in [0.25, 0.3) is 0 Å². The van der Waals surface area contributed by atoms with E-state index in [4.69, 9.17) is 4.74 Å². The van der Waals surface area contributed by atoms with Crippen LogP contribution in [0, 0.1) is 11.8 Å². The number of aliphatic imine (C=N–C) groups is 1. The fraction of sp³-hybridized carbons (Fsp3) is 0.462. The quantitative estimate of drug-likeness (QED) is 0.258. The second kappa shape index (κ2) is 14.2. The molecule has 33 heavy (non-hydrogen) atoms. The molecule has 2 aromatic carbocycles. The first-order valence-electron chi connectivity index (χ1n) is 11.6. The molecule has 0 aliphatic carbocycles. The molecule has 1 amide bonds. The van der Waals surface area contributed by atoms with E-state index in [-0.39, 0.29) is 35.8 Å². The lowest BCUT2D eigenvalue weighted by molar-refractivity contribution is -0.119. The van der Waals surface area contributed by atoms with E-state index in [2.05, 4.69) is 38.7 Å². The van der Waals surface area contributed by atoms with Crippen LogP contribution in [0.1, 0.15) is 37.8 Å². The van der Waals surface area contributed by atoms with Crippen molar-refractivity contribution in [2.45, 2.75) is 39.8 Å². The predicted octanol–water partition coefficient (Wildman–Crippen LogP) is 4.90. The molecule has 0 spiro atoms. The molecule has 2 aromatic rings. The van der Waals surface area contributed by atoms with Gasteiger partial charge in [0.05, 0.1) is 13.2 Å². The summed E-state index contributed by atoms with van der Waals surface area (Å²) in [4.78, 5) is 18.9. The summed E-state index contributed by atoms with van der Waals surface area (Å²) >= 11 is 0. The lowest BCUT2D eigenvalue weighted by Crippen LogP contribution is -2.39. The highest BCUT2D eigenvalue weighted by molar-refractivity contribution is 14.0.